The van der Waals surface area contributed by atoms with Crippen LogP contribution in [-0.4, -0.2) is 22.9 Å². The number of aryl methyl sites for hydroxylation is 1. The minimum Gasteiger partial charge on any atom is -0.352 e. The van der Waals surface area contributed by atoms with Gasteiger partial charge < -0.3 is 15.2 Å². The number of amides is 2. The fourth-order valence-electron chi connectivity index (χ4n) is 3.35. The minimum atomic E-state index is -0.149. The van der Waals surface area contributed by atoms with Crippen molar-refractivity contribution in [3.8, 4) is 0 Å². The lowest BCUT2D eigenvalue weighted by Gasteiger charge is -2.09. The number of hydrogen-bond acceptors (Lipinski definition) is 2. The number of carbonyl (C=O) groups is 2. The Bertz CT molecular complexity index is 803. The molecule has 25 heavy (non-hydrogen) atoms. The Balaban J connectivity index is 1.58. The van der Waals surface area contributed by atoms with Gasteiger partial charge in [0.25, 0.3) is 5.91 Å². The van der Waals surface area contributed by atoms with Crippen LogP contribution < -0.4 is 10.6 Å². The molecule has 0 unspecified atom stereocenters. The highest BCUT2D eigenvalue weighted by Crippen LogP contribution is 2.38. The highest BCUT2D eigenvalue weighted by atomic mass is 16.2. The van der Waals surface area contributed by atoms with E-state index in [0.717, 1.165) is 6.42 Å². The summed E-state index contributed by atoms with van der Waals surface area (Å²) in [5.41, 5.74) is 5.12. The third-order valence-electron chi connectivity index (χ3n) is 4.63. The molecule has 0 spiro atoms. The number of anilines is 1. The van der Waals surface area contributed by atoms with Crippen LogP contribution in [0.3, 0.4) is 0 Å². The second kappa shape index (κ2) is 7.13. The van der Waals surface area contributed by atoms with Crippen molar-refractivity contribution in [1.29, 1.82) is 0 Å². The van der Waals surface area contributed by atoms with Gasteiger partial charge in [-0.2, -0.15) is 0 Å². The molecule has 1 aromatic carbocycles. The Labute approximate surface area is 148 Å². The van der Waals surface area contributed by atoms with Crippen LogP contribution in [0.5, 0.6) is 0 Å². The van der Waals surface area contributed by atoms with Crippen molar-refractivity contribution < 1.29 is 9.59 Å². The Kier molecular flexibility index (Phi) is 4.93. The Hall–Kier alpha value is -2.56. The Morgan fingerprint density at radius 1 is 1.20 bits per heavy atom. The monoisotopic (exact) mass is 339 g/mol. The lowest BCUT2D eigenvalue weighted by atomic mass is 10.1. The van der Waals surface area contributed by atoms with E-state index in [-0.39, 0.29) is 11.8 Å². The van der Waals surface area contributed by atoms with Gasteiger partial charge in [-0.3, -0.25) is 9.59 Å². The van der Waals surface area contributed by atoms with E-state index in [0.29, 0.717) is 23.8 Å². The van der Waals surface area contributed by atoms with E-state index in [1.807, 2.05) is 0 Å². The van der Waals surface area contributed by atoms with Crippen LogP contribution in [0.25, 0.3) is 0 Å². The highest BCUT2D eigenvalue weighted by molar-refractivity contribution is 5.96. The topological polar surface area (TPSA) is 63.1 Å². The SMILES string of the molecule is CC(=O)Nc1cccc(C(=O)NCCc2cc(C)n(C3CC3)c2C)c1. The van der Waals surface area contributed by atoms with Crippen molar-refractivity contribution in [2.75, 3.05) is 11.9 Å². The summed E-state index contributed by atoms with van der Waals surface area (Å²) in [6.45, 7) is 6.36. The third kappa shape index (κ3) is 4.10. The summed E-state index contributed by atoms with van der Waals surface area (Å²) in [5.74, 6) is -0.271. The average molecular weight is 339 g/mol. The van der Waals surface area contributed by atoms with Crippen LogP contribution in [0.1, 0.15) is 53.1 Å². The van der Waals surface area contributed by atoms with Gasteiger partial charge in [0.1, 0.15) is 0 Å². The first-order valence-corrected chi connectivity index (χ1v) is 8.79. The molecule has 3 rings (SSSR count). The van der Waals surface area contributed by atoms with Crippen molar-refractivity contribution in [2.24, 2.45) is 0 Å². The standard InChI is InChI=1S/C20H25N3O2/c1-13-11-16(14(2)23(13)19-7-8-19)9-10-21-20(25)17-5-4-6-18(12-17)22-15(3)24/h4-6,11-12,19H,7-10H2,1-3H3,(H,21,25)(H,22,24). The van der Waals surface area contributed by atoms with Gasteiger partial charge in [0.05, 0.1) is 0 Å². The first-order valence-electron chi connectivity index (χ1n) is 8.79. The smallest absolute Gasteiger partial charge is 0.251 e. The van der Waals surface area contributed by atoms with E-state index in [2.05, 4.69) is 35.1 Å². The van der Waals surface area contributed by atoms with Crippen LogP contribution in [0.15, 0.2) is 30.3 Å². The molecule has 132 valence electrons. The fourth-order valence-corrected chi connectivity index (χ4v) is 3.35. The molecule has 2 N–H and O–H groups in total. The van der Waals surface area contributed by atoms with Gasteiger partial charge in [-0.05, 0) is 62.9 Å². The lowest BCUT2D eigenvalue weighted by molar-refractivity contribution is -0.114. The van der Waals surface area contributed by atoms with Crippen molar-refractivity contribution in [3.05, 3.63) is 52.8 Å². The molecule has 2 amide bonds. The molecule has 1 heterocycles. The molecule has 0 bridgehead atoms. The molecule has 1 aromatic heterocycles. The second-order valence-corrected chi connectivity index (χ2v) is 6.77. The molecule has 5 heteroatoms. The number of aromatic nitrogens is 1. The van der Waals surface area contributed by atoms with Gasteiger partial charge >= 0.3 is 0 Å². The second-order valence-electron chi connectivity index (χ2n) is 6.77. The normalized spacial score (nSPS) is 13.6. The van der Waals surface area contributed by atoms with Crippen molar-refractivity contribution in [1.82, 2.24) is 9.88 Å². The highest BCUT2D eigenvalue weighted by Gasteiger charge is 2.26. The summed E-state index contributed by atoms with van der Waals surface area (Å²) in [4.78, 5) is 23.4. The summed E-state index contributed by atoms with van der Waals surface area (Å²) < 4.78 is 2.42. The van der Waals surface area contributed by atoms with Crippen molar-refractivity contribution >= 4 is 17.5 Å². The summed E-state index contributed by atoms with van der Waals surface area (Å²) in [6.07, 6.45) is 3.37. The summed E-state index contributed by atoms with van der Waals surface area (Å²) >= 11 is 0. The number of benzene rings is 1. The maximum atomic E-state index is 12.3. The Morgan fingerprint density at radius 2 is 1.96 bits per heavy atom. The predicted molar refractivity (Wildman–Crippen MR) is 99.0 cm³/mol. The molecular formula is C20H25N3O2. The van der Waals surface area contributed by atoms with E-state index < -0.39 is 0 Å². The maximum Gasteiger partial charge on any atom is 0.251 e. The summed E-state index contributed by atoms with van der Waals surface area (Å²) in [6, 6.07) is 9.89. The number of carbonyl (C=O) groups excluding carboxylic acids is 2. The molecule has 1 aliphatic carbocycles. The largest absolute Gasteiger partial charge is 0.352 e. The van der Waals surface area contributed by atoms with Gasteiger partial charge in [0.2, 0.25) is 5.91 Å². The van der Waals surface area contributed by atoms with Gasteiger partial charge in [0.15, 0.2) is 0 Å². The summed E-state index contributed by atoms with van der Waals surface area (Å²) in [5, 5.41) is 5.66. The van der Waals surface area contributed by atoms with Crippen LogP contribution in [0, 0.1) is 13.8 Å². The number of nitrogens with one attached hydrogen (secondary N) is 2. The van der Waals surface area contributed by atoms with Crippen LogP contribution in [-0.2, 0) is 11.2 Å². The molecule has 5 nitrogen and oxygen atoms in total. The van der Waals surface area contributed by atoms with E-state index in [1.165, 1.54) is 36.7 Å². The molecule has 2 aromatic rings. The maximum absolute atomic E-state index is 12.3. The quantitative estimate of drug-likeness (QED) is 0.847. The van der Waals surface area contributed by atoms with Gasteiger partial charge in [-0.25, -0.2) is 0 Å². The van der Waals surface area contributed by atoms with E-state index in [1.54, 1.807) is 24.3 Å². The van der Waals surface area contributed by atoms with Gasteiger partial charge in [0, 0.05) is 42.1 Å². The molecule has 1 saturated carbocycles. The molecule has 1 aliphatic rings. The van der Waals surface area contributed by atoms with Gasteiger partial charge in [-0.15, -0.1) is 0 Å². The number of rotatable bonds is 6. The van der Waals surface area contributed by atoms with Gasteiger partial charge in [-0.1, -0.05) is 6.07 Å². The third-order valence-corrected chi connectivity index (χ3v) is 4.63. The molecule has 1 fully saturated rings. The first-order chi connectivity index (χ1) is 12.0. The van der Waals surface area contributed by atoms with E-state index >= 15 is 0 Å². The molecule has 0 radical (unpaired) electrons. The fraction of sp³-hybridized carbons (Fsp3) is 0.400. The number of nitrogens with zero attached hydrogens (tertiary/aromatic N) is 1. The van der Waals surface area contributed by atoms with Crippen molar-refractivity contribution in [2.45, 2.75) is 46.1 Å². The van der Waals surface area contributed by atoms with Crippen LogP contribution in [0.4, 0.5) is 5.69 Å². The minimum absolute atomic E-state index is 0.122. The lowest BCUT2D eigenvalue weighted by Crippen LogP contribution is -2.26. The first kappa shape index (κ1) is 17.3. The molecular weight excluding hydrogens is 314 g/mol. The van der Waals surface area contributed by atoms with E-state index in [4.69, 9.17) is 0 Å². The predicted octanol–water partition coefficient (Wildman–Crippen LogP) is 3.37. The average Bonchev–Trinajstić information content (AvgIpc) is 3.34. The molecule has 0 aliphatic heterocycles. The van der Waals surface area contributed by atoms with Crippen LogP contribution >= 0.6 is 0 Å². The zero-order valence-electron chi connectivity index (χ0n) is 15.1. The molecule has 0 atom stereocenters. The van der Waals surface area contributed by atoms with E-state index in [9.17, 15) is 9.59 Å². The summed E-state index contributed by atoms with van der Waals surface area (Å²) in [7, 11) is 0. The Morgan fingerprint density at radius 3 is 2.64 bits per heavy atom. The zero-order valence-corrected chi connectivity index (χ0v) is 15.1. The van der Waals surface area contributed by atoms with Crippen molar-refractivity contribution in [3.63, 3.8) is 0 Å². The molecule has 0 saturated heterocycles. The van der Waals surface area contributed by atoms with Crippen LogP contribution in [0.2, 0.25) is 0 Å². The number of hydrogen-bond donors (Lipinski definition) is 2. The zero-order chi connectivity index (χ0) is 18.0.